The summed E-state index contributed by atoms with van der Waals surface area (Å²) in [4.78, 5) is 16.8. The lowest BCUT2D eigenvalue weighted by atomic mass is 10.1. The zero-order valence-corrected chi connectivity index (χ0v) is 17.2. The number of rotatable bonds is 6. The summed E-state index contributed by atoms with van der Waals surface area (Å²) in [5, 5.41) is 23.2. The van der Waals surface area contributed by atoms with Crippen LogP contribution in [0.3, 0.4) is 0 Å². The summed E-state index contributed by atoms with van der Waals surface area (Å²) >= 11 is 0. The van der Waals surface area contributed by atoms with Gasteiger partial charge in [0.1, 0.15) is 6.61 Å². The van der Waals surface area contributed by atoms with Crippen LogP contribution in [0.1, 0.15) is 21.7 Å². The maximum atomic E-state index is 12.5. The van der Waals surface area contributed by atoms with Gasteiger partial charge in [0.15, 0.2) is 0 Å². The lowest BCUT2D eigenvalue weighted by Gasteiger charge is -2.11. The van der Waals surface area contributed by atoms with Gasteiger partial charge in [0.2, 0.25) is 0 Å². The van der Waals surface area contributed by atoms with Crippen molar-refractivity contribution in [3.05, 3.63) is 83.8 Å². The molecular weight excluding hydrogens is 402 g/mol. The van der Waals surface area contributed by atoms with Crippen LogP contribution in [0.15, 0.2) is 66.9 Å². The van der Waals surface area contributed by atoms with Crippen LogP contribution in [-0.2, 0) is 0 Å². The zero-order chi connectivity index (χ0) is 22.2. The Morgan fingerprint density at radius 1 is 1.06 bits per heavy atom. The van der Waals surface area contributed by atoms with Crippen LogP contribution in [0, 0.1) is 11.8 Å². The highest BCUT2D eigenvalue weighted by molar-refractivity contribution is 6.00. The van der Waals surface area contributed by atoms with Gasteiger partial charge >= 0.3 is 0 Å². The number of fused-ring (bicyclic) bond motifs is 1. The number of H-pyrrole nitrogens is 1. The molecule has 2 aromatic carbocycles. The standard InChI is InChI=1S/C25H21N5O2/c31-16-6-5-15-27-25(32)21-8-1-2-9-22(21)28-19-10-12-20-23(29-30-24(20)17-19)13-11-18-7-3-4-14-26-18/h1-4,7-14,17,28,31H,15-16H2,(H,27,32)(H,29,30)/b13-11+. The molecule has 2 aromatic heterocycles. The first-order valence-corrected chi connectivity index (χ1v) is 10.0. The van der Waals surface area contributed by atoms with Gasteiger partial charge in [-0.25, -0.2) is 0 Å². The highest BCUT2D eigenvalue weighted by atomic mass is 16.2. The van der Waals surface area contributed by atoms with Crippen molar-refractivity contribution in [3.8, 4) is 11.8 Å². The number of carbonyl (C=O) groups excluding carboxylic acids is 1. The molecule has 0 atom stereocenters. The Morgan fingerprint density at radius 2 is 1.94 bits per heavy atom. The number of aliphatic hydroxyl groups excluding tert-OH is 1. The van der Waals surface area contributed by atoms with E-state index in [2.05, 4.69) is 37.7 Å². The van der Waals surface area contributed by atoms with Crippen LogP contribution < -0.4 is 10.6 Å². The van der Waals surface area contributed by atoms with Gasteiger partial charge in [0.25, 0.3) is 5.91 Å². The SMILES string of the molecule is O=C(NCC#CCO)c1ccccc1Nc1ccc2c(/C=C/c3ccccn3)n[nH]c2c1. The van der Waals surface area contributed by atoms with E-state index in [0.717, 1.165) is 28.0 Å². The average Bonchev–Trinajstić information content (AvgIpc) is 3.23. The lowest BCUT2D eigenvalue weighted by molar-refractivity contribution is 0.0959. The van der Waals surface area contributed by atoms with E-state index in [4.69, 9.17) is 5.11 Å². The summed E-state index contributed by atoms with van der Waals surface area (Å²) in [6.07, 6.45) is 5.59. The molecule has 2 heterocycles. The predicted octanol–water partition coefficient (Wildman–Crippen LogP) is 3.60. The van der Waals surface area contributed by atoms with Crippen molar-refractivity contribution in [1.29, 1.82) is 0 Å². The van der Waals surface area contributed by atoms with Gasteiger partial charge in [-0.3, -0.25) is 14.9 Å². The van der Waals surface area contributed by atoms with E-state index in [9.17, 15) is 4.79 Å². The van der Waals surface area contributed by atoms with Gasteiger partial charge < -0.3 is 15.7 Å². The number of nitrogens with zero attached hydrogens (tertiary/aromatic N) is 2. The van der Waals surface area contributed by atoms with Crippen molar-refractivity contribution in [1.82, 2.24) is 20.5 Å². The van der Waals surface area contributed by atoms with E-state index in [-0.39, 0.29) is 19.1 Å². The molecule has 0 spiro atoms. The van der Waals surface area contributed by atoms with E-state index >= 15 is 0 Å². The molecule has 0 aliphatic rings. The van der Waals surface area contributed by atoms with Gasteiger partial charge in [-0.1, -0.05) is 30.0 Å². The molecule has 0 aliphatic heterocycles. The fourth-order valence-corrected chi connectivity index (χ4v) is 3.17. The molecule has 0 saturated carbocycles. The predicted molar refractivity (Wildman–Crippen MR) is 126 cm³/mol. The molecular formula is C25H21N5O2. The van der Waals surface area contributed by atoms with Crippen LogP contribution in [-0.4, -0.2) is 39.3 Å². The molecule has 0 saturated heterocycles. The highest BCUT2D eigenvalue weighted by Gasteiger charge is 2.11. The number of aliphatic hydroxyl groups is 1. The molecule has 0 aliphatic carbocycles. The molecule has 0 unspecified atom stereocenters. The lowest BCUT2D eigenvalue weighted by Crippen LogP contribution is -2.24. The molecule has 7 heteroatoms. The highest BCUT2D eigenvalue weighted by Crippen LogP contribution is 2.26. The summed E-state index contributed by atoms with van der Waals surface area (Å²) in [7, 11) is 0. The van der Waals surface area contributed by atoms with E-state index in [1.165, 1.54) is 0 Å². The molecule has 0 fully saturated rings. The van der Waals surface area contributed by atoms with E-state index < -0.39 is 0 Å². The second kappa shape index (κ2) is 10.1. The molecule has 158 valence electrons. The normalized spacial score (nSPS) is 10.7. The Hall–Kier alpha value is -4.41. The van der Waals surface area contributed by atoms with Crippen molar-refractivity contribution in [2.75, 3.05) is 18.5 Å². The number of anilines is 2. The van der Waals surface area contributed by atoms with E-state index in [1.54, 1.807) is 18.3 Å². The first kappa shape index (κ1) is 20.8. The van der Waals surface area contributed by atoms with Gasteiger partial charge in [0.05, 0.1) is 34.7 Å². The number of nitrogens with one attached hydrogen (secondary N) is 3. The number of aromatic nitrogens is 3. The zero-order valence-electron chi connectivity index (χ0n) is 17.2. The van der Waals surface area contributed by atoms with Gasteiger partial charge in [-0.15, -0.1) is 0 Å². The van der Waals surface area contributed by atoms with Crippen molar-refractivity contribution in [2.24, 2.45) is 0 Å². The molecule has 0 bridgehead atoms. The third-order valence-corrected chi connectivity index (χ3v) is 4.68. The van der Waals surface area contributed by atoms with Gasteiger partial charge in [0, 0.05) is 17.3 Å². The summed E-state index contributed by atoms with van der Waals surface area (Å²) in [5.74, 6) is 4.93. The van der Waals surface area contributed by atoms with Crippen LogP contribution >= 0.6 is 0 Å². The Morgan fingerprint density at radius 3 is 2.78 bits per heavy atom. The minimum absolute atomic E-state index is 0.169. The maximum Gasteiger partial charge on any atom is 0.254 e. The largest absolute Gasteiger partial charge is 0.384 e. The Bertz CT molecular complexity index is 1320. The fourth-order valence-electron chi connectivity index (χ4n) is 3.17. The van der Waals surface area contributed by atoms with Crippen molar-refractivity contribution in [2.45, 2.75) is 0 Å². The Balaban J connectivity index is 1.52. The number of aromatic amines is 1. The molecule has 32 heavy (non-hydrogen) atoms. The molecule has 1 amide bonds. The average molecular weight is 423 g/mol. The quantitative estimate of drug-likeness (QED) is 0.355. The Labute approximate surface area is 185 Å². The van der Waals surface area contributed by atoms with Crippen molar-refractivity contribution >= 4 is 40.3 Å². The third kappa shape index (κ3) is 5.01. The number of pyridine rings is 1. The minimum Gasteiger partial charge on any atom is -0.384 e. The molecule has 7 nitrogen and oxygen atoms in total. The number of para-hydroxylation sites is 1. The van der Waals surface area contributed by atoms with Crippen LogP contribution in [0.2, 0.25) is 0 Å². The van der Waals surface area contributed by atoms with Gasteiger partial charge in [-0.2, -0.15) is 5.10 Å². The molecule has 4 aromatic rings. The molecule has 0 radical (unpaired) electrons. The third-order valence-electron chi connectivity index (χ3n) is 4.68. The van der Waals surface area contributed by atoms with E-state index in [0.29, 0.717) is 11.3 Å². The molecule has 4 rings (SSSR count). The van der Waals surface area contributed by atoms with Crippen LogP contribution in [0.4, 0.5) is 11.4 Å². The van der Waals surface area contributed by atoms with Crippen molar-refractivity contribution < 1.29 is 9.90 Å². The summed E-state index contributed by atoms with van der Waals surface area (Å²) in [5.41, 5.74) is 4.55. The summed E-state index contributed by atoms with van der Waals surface area (Å²) in [6, 6.07) is 18.9. The molecule has 4 N–H and O–H groups in total. The number of benzene rings is 2. The van der Waals surface area contributed by atoms with Crippen molar-refractivity contribution in [3.63, 3.8) is 0 Å². The number of hydrogen-bond donors (Lipinski definition) is 4. The maximum absolute atomic E-state index is 12.5. The fraction of sp³-hybridized carbons (Fsp3) is 0.0800. The first-order chi connectivity index (χ1) is 15.7. The topological polar surface area (TPSA) is 103 Å². The van der Waals surface area contributed by atoms with E-state index in [1.807, 2.05) is 60.7 Å². The Kier molecular flexibility index (Phi) is 6.56. The summed E-state index contributed by atoms with van der Waals surface area (Å²) < 4.78 is 0. The monoisotopic (exact) mass is 423 g/mol. The second-order valence-electron chi connectivity index (χ2n) is 6.82. The smallest absolute Gasteiger partial charge is 0.254 e. The van der Waals surface area contributed by atoms with Crippen LogP contribution in [0.25, 0.3) is 23.1 Å². The van der Waals surface area contributed by atoms with Gasteiger partial charge in [-0.05, 0) is 54.6 Å². The first-order valence-electron chi connectivity index (χ1n) is 10.0. The number of carbonyl (C=O) groups is 1. The summed E-state index contributed by atoms with van der Waals surface area (Å²) in [6.45, 7) is -0.0621. The van der Waals surface area contributed by atoms with Crippen LogP contribution in [0.5, 0.6) is 0 Å². The number of amides is 1. The second-order valence-corrected chi connectivity index (χ2v) is 6.82. The minimum atomic E-state index is -0.245. The number of hydrogen-bond acceptors (Lipinski definition) is 5.